The van der Waals surface area contributed by atoms with Crippen molar-refractivity contribution in [2.24, 2.45) is 0 Å². The Morgan fingerprint density at radius 2 is 1.86 bits per heavy atom. The minimum atomic E-state index is 0.223. The lowest BCUT2D eigenvalue weighted by Gasteiger charge is -2.16. The van der Waals surface area contributed by atoms with Crippen molar-refractivity contribution in [3.05, 3.63) is 59.2 Å². The van der Waals surface area contributed by atoms with Crippen LogP contribution >= 0.6 is 0 Å². The molecule has 0 spiro atoms. The van der Waals surface area contributed by atoms with Gasteiger partial charge in [0.2, 0.25) is 0 Å². The molecule has 0 fully saturated rings. The molecule has 0 aliphatic rings. The molecule has 0 saturated heterocycles. The van der Waals surface area contributed by atoms with Crippen LogP contribution in [0.3, 0.4) is 0 Å². The van der Waals surface area contributed by atoms with Crippen LogP contribution in [0.1, 0.15) is 36.6 Å². The van der Waals surface area contributed by atoms with Crippen molar-refractivity contribution in [1.82, 2.24) is 5.32 Å². The van der Waals surface area contributed by atoms with E-state index in [4.69, 9.17) is 4.74 Å². The zero-order chi connectivity index (χ0) is 15.2. The van der Waals surface area contributed by atoms with Gasteiger partial charge in [0.05, 0.1) is 6.61 Å². The summed E-state index contributed by atoms with van der Waals surface area (Å²) in [6.45, 7) is 7.25. The number of ether oxygens (including phenoxy) is 1. The Bertz CT molecular complexity index is 578. The summed E-state index contributed by atoms with van der Waals surface area (Å²) in [5.41, 5.74) is 3.34. The number of nitrogens with one attached hydrogen (secondary N) is 1. The number of phenolic OH excluding ortho intramolecular Hbond substituents is 1. The van der Waals surface area contributed by atoms with Gasteiger partial charge in [0.1, 0.15) is 0 Å². The maximum atomic E-state index is 10.2. The molecule has 0 radical (unpaired) electrons. The first-order valence-corrected chi connectivity index (χ1v) is 7.35. The second-order valence-electron chi connectivity index (χ2n) is 5.21. The van der Waals surface area contributed by atoms with Gasteiger partial charge in [-0.1, -0.05) is 42.0 Å². The van der Waals surface area contributed by atoms with E-state index in [1.54, 1.807) is 6.07 Å². The van der Waals surface area contributed by atoms with E-state index in [0.717, 1.165) is 5.56 Å². The number of hydrogen-bond acceptors (Lipinski definition) is 3. The van der Waals surface area contributed by atoms with Crippen LogP contribution in [0, 0.1) is 6.92 Å². The lowest BCUT2D eigenvalue weighted by Crippen LogP contribution is -2.18. The van der Waals surface area contributed by atoms with Crippen LogP contribution in [0.25, 0.3) is 0 Å². The minimum absolute atomic E-state index is 0.223. The summed E-state index contributed by atoms with van der Waals surface area (Å²) in [6.07, 6.45) is 0. The van der Waals surface area contributed by atoms with E-state index >= 15 is 0 Å². The van der Waals surface area contributed by atoms with Crippen molar-refractivity contribution in [2.75, 3.05) is 6.61 Å². The van der Waals surface area contributed by atoms with Gasteiger partial charge in [-0.15, -0.1) is 0 Å². The van der Waals surface area contributed by atoms with Crippen molar-refractivity contribution in [3.63, 3.8) is 0 Å². The van der Waals surface area contributed by atoms with Crippen LogP contribution in [-0.4, -0.2) is 11.7 Å². The zero-order valence-electron chi connectivity index (χ0n) is 12.9. The van der Waals surface area contributed by atoms with Crippen LogP contribution in [0.5, 0.6) is 11.5 Å². The van der Waals surface area contributed by atoms with Crippen LogP contribution in [0.2, 0.25) is 0 Å². The molecule has 1 atom stereocenters. The number of hydrogen-bond donors (Lipinski definition) is 2. The van der Waals surface area contributed by atoms with E-state index in [-0.39, 0.29) is 11.8 Å². The van der Waals surface area contributed by atoms with E-state index in [1.807, 2.05) is 19.1 Å². The van der Waals surface area contributed by atoms with Gasteiger partial charge in [0.25, 0.3) is 0 Å². The highest BCUT2D eigenvalue weighted by Crippen LogP contribution is 2.30. The average molecular weight is 285 g/mol. The second-order valence-corrected chi connectivity index (χ2v) is 5.21. The summed E-state index contributed by atoms with van der Waals surface area (Å²) in [5.74, 6) is 0.766. The second kappa shape index (κ2) is 7.14. The molecule has 0 saturated carbocycles. The van der Waals surface area contributed by atoms with Crippen molar-refractivity contribution in [2.45, 2.75) is 33.4 Å². The molecule has 112 valence electrons. The third-order valence-corrected chi connectivity index (χ3v) is 3.56. The summed E-state index contributed by atoms with van der Waals surface area (Å²) in [5, 5.41) is 13.6. The van der Waals surface area contributed by atoms with Crippen LogP contribution in [-0.2, 0) is 6.54 Å². The summed E-state index contributed by atoms with van der Waals surface area (Å²) < 4.78 is 5.40. The van der Waals surface area contributed by atoms with Crippen molar-refractivity contribution in [3.8, 4) is 11.5 Å². The number of aryl methyl sites for hydroxylation is 1. The van der Waals surface area contributed by atoms with Crippen molar-refractivity contribution in [1.29, 1.82) is 0 Å². The maximum absolute atomic E-state index is 10.2. The molecule has 0 unspecified atom stereocenters. The Morgan fingerprint density at radius 3 is 2.52 bits per heavy atom. The third-order valence-electron chi connectivity index (χ3n) is 3.56. The highest BCUT2D eigenvalue weighted by atomic mass is 16.5. The summed E-state index contributed by atoms with van der Waals surface area (Å²) >= 11 is 0. The molecule has 0 heterocycles. The molecule has 2 aromatic rings. The molecule has 2 aromatic carbocycles. The van der Waals surface area contributed by atoms with E-state index < -0.39 is 0 Å². The van der Waals surface area contributed by atoms with Gasteiger partial charge in [-0.2, -0.15) is 0 Å². The Hall–Kier alpha value is -2.00. The average Bonchev–Trinajstić information content (AvgIpc) is 2.49. The number of benzene rings is 2. The van der Waals surface area contributed by atoms with E-state index in [9.17, 15) is 5.11 Å². The highest BCUT2D eigenvalue weighted by Gasteiger charge is 2.10. The molecule has 0 bridgehead atoms. The fourth-order valence-corrected chi connectivity index (χ4v) is 2.22. The highest BCUT2D eigenvalue weighted by molar-refractivity contribution is 5.45. The topological polar surface area (TPSA) is 41.5 Å². The summed E-state index contributed by atoms with van der Waals surface area (Å²) in [4.78, 5) is 0. The quantitative estimate of drug-likeness (QED) is 0.844. The standard InChI is InChI=1S/C18H23NO2/c1-4-21-17-7-5-6-16(18(17)20)12-19-14(3)15-10-8-13(2)9-11-15/h5-11,14,19-20H,4,12H2,1-3H3/t14-/m0/s1. The fourth-order valence-electron chi connectivity index (χ4n) is 2.22. The summed E-state index contributed by atoms with van der Waals surface area (Å²) in [6, 6.07) is 14.3. The molecule has 0 aliphatic carbocycles. The normalized spacial score (nSPS) is 12.1. The van der Waals surface area contributed by atoms with Crippen molar-refractivity contribution < 1.29 is 9.84 Å². The number of phenols is 1. The van der Waals surface area contributed by atoms with E-state index in [2.05, 4.69) is 43.4 Å². The van der Waals surface area contributed by atoms with E-state index in [1.165, 1.54) is 11.1 Å². The van der Waals surface area contributed by atoms with Crippen LogP contribution in [0.15, 0.2) is 42.5 Å². The SMILES string of the molecule is CCOc1cccc(CN[C@@H](C)c2ccc(C)cc2)c1O. The molecular formula is C18H23NO2. The van der Waals surface area contributed by atoms with Crippen LogP contribution < -0.4 is 10.1 Å². The fraction of sp³-hybridized carbons (Fsp3) is 0.333. The van der Waals surface area contributed by atoms with Gasteiger partial charge in [-0.3, -0.25) is 0 Å². The molecule has 21 heavy (non-hydrogen) atoms. The number of rotatable bonds is 6. The Kier molecular flexibility index (Phi) is 5.23. The molecule has 3 heteroatoms. The molecule has 0 aromatic heterocycles. The molecule has 0 aliphatic heterocycles. The largest absolute Gasteiger partial charge is 0.504 e. The first kappa shape index (κ1) is 15.4. The molecule has 3 nitrogen and oxygen atoms in total. The Balaban J connectivity index is 2.02. The Morgan fingerprint density at radius 1 is 1.14 bits per heavy atom. The van der Waals surface area contributed by atoms with Gasteiger partial charge in [-0.25, -0.2) is 0 Å². The van der Waals surface area contributed by atoms with Gasteiger partial charge < -0.3 is 15.2 Å². The third kappa shape index (κ3) is 3.99. The molecule has 2 rings (SSSR count). The lowest BCUT2D eigenvalue weighted by atomic mass is 10.1. The van der Waals surface area contributed by atoms with Crippen LogP contribution in [0.4, 0.5) is 0 Å². The van der Waals surface area contributed by atoms with Gasteiger partial charge in [0, 0.05) is 18.2 Å². The predicted molar refractivity (Wildman–Crippen MR) is 85.7 cm³/mol. The predicted octanol–water partition coefficient (Wildman–Crippen LogP) is 3.95. The van der Waals surface area contributed by atoms with Gasteiger partial charge >= 0.3 is 0 Å². The van der Waals surface area contributed by atoms with Crippen molar-refractivity contribution >= 4 is 0 Å². The maximum Gasteiger partial charge on any atom is 0.162 e. The smallest absolute Gasteiger partial charge is 0.162 e. The van der Waals surface area contributed by atoms with Gasteiger partial charge in [0.15, 0.2) is 11.5 Å². The summed E-state index contributed by atoms with van der Waals surface area (Å²) in [7, 11) is 0. The minimum Gasteiger partial charge on any atom is -0.504 e. The monoisotopic (exact) mass is 285 g/mol. The molecule has 2 N–H and O–H groups in total. The van der Waals surface area contributed by atoms with E-state index in [0.29, 0.717) is 18.9 Å². The molecular weight excluding hydrogens is 262 g/mol. The number of aromatic hydroxyl groups is 1. The number of para-hydroxylation sites is 1. The lowest BCUT2D eigenvalue weighted by molar-refractivity contribution is 0.316. The Labute approximate surface area is 126 Å². The first-order chi connectivity index (χ1) is 10.1. The van der Waals surface area contributed by atoms with Gasteiger partial charge in [-0.05, 0) is 32.4 Å². The zero-order valence-corrected chi connectivity index (χ0v) is 12.9. The molecule has 0 amide bonds. The first-order valence-electron chi connectivity index (χ1n) is 7.35.